The molecule has 0 aromatic heterocycles. The minimum absolute atomic E-state index is 0.0592. The predicted octanol–water partition coefficient (Wildman–Crippen LogP) is 3.57. The maximum absolute atomic E-state index is 12.7. The molecule has 0 fully saturated rings. The van der Waals surface area contributed by atoms with E-state index in [0.29, 0.717) is 24.9 Å². The van der Waals surface area contributed by atoms with E-state index in [0.717, 1.165) is 12.8 Å². The summed E-state index contributed by atoms with van der Waals surface area (Å²) in [6, 6.07) is 0. The average Bonchev–Trinajstić information content (AvgIpc) is 2.44. The van der Waals surface area contributed by atoms with E-state index in [2.05, 4.69) is 27.7 Å². The van der Waals surface area contributed by atoms with Gasteiger partial charge in [0.15, 0.2) is 0 Å². The van der Waals surface area contributed by atoms with Crippen LogP contribution >= 0.6 is 0 Å². The summed E-state index contributed by atoms with van der Waals surface area (Å²) in [5.41, 5.74) is 0. The molecule has 1 N–H and O–H groups in total. The van der Waals surface area contributed by atoms with Crippen molar-refractivity contribution in [3.8, 4) is 0 Å². The monoisotopic (exact) mass is 297 g/mol. The molecule has 0 rings (SSSR count). The molecule has 122 valence electrons. The van der Waals surface area contributed by atoms with Crippen molar-refractivity contribution in [2.75, 3.05) is 13.1 Å². The Morgan fingerprint density at radius 2 is 1.57 bits per heavy atom. The maximum atomic E-state index is 12.7. The Hall–Kier alpha value is -1.32. The van der Waals surface area contributed by atoms with E-state index >= 15 is 0 Å². The zero-order chi connectivity index (χ0) is 16.4. The number of aliphatic carboxylic acids is 1. The zero-order valence-corrected chi connectivity index (χ0v) is 14.1. The van der Waals surface area contributed by atoms with E-state index in [1.165, 1.54) is 0 Å². The summed E-state index contributed by atoms with van der Waals surface area (Å²) >= 11 is 0. The van der Waals surface area contributed by atoms with Crippen molar-refractivity contribution < 1.29 is 14.7 Å². The maximum Gasteiger partial charge on any atom is 0.304 e. The number of nitrogens with zero attached hydrogens (tertiary/aromatic N) is 1. The Morgan fingerprint density at radius 3 is 1.90 bits per heavy atom. The lowest BCUT2D eigenvalue weighted by Crippen LogP contribution is -2.41. The van der Waals surface area contributed by atoms with Crippen molar-refractivity contribution in [2.24, 2.45) is 17.8 Å². The number of allylic oxidation sites excluding steroid dienone is 1. The molecule has 4 nitrogen and oxygen atoms in total. The van der Waals surface area contributed by atoms with Crippen LogP contribution < -0.4 is 0 Å². The number of rotatable bonds is 10. The first-order valence-electron chi connectivity index (χ1n) is 7.98. The third-order valence-corrected chi connectivity index (χ3v) is 3.91. The molecule has 0 aromatic rings. The molecule has 0 aromatic carbocycles. The van der Waals surface area contributed by atoms with Gasteiger partial charge in [0.05, 0.1) is 12.3 Å². The molecular weight excluding hydrogens is 266 g/mol. The third kappa shape index (κ3) is 7.88. The van der Waals surface area contributed by atoms with Crippen molar-refractivity contribution in [3.63, 3.8) is 0 Å². The van der Waals surface area contributed by atoms with E-state index in [1.807, 2.05) is 11.8 Å². The van der Waals surface area contributed by atoms with Crippen LogP contribution in [0.25, 0.3) is 0 Å². The SMILES string of the molecule is C/C=C\C(CC(=O)O)C(=O)N(CC(C)CC)CC(C)CC. The molecule has 0 spiro atoms. The lowest BCUT2D eigenvalue weighted by atomic mass is 9.99. The first-order valence-corrected chi connectivity index (χ1v) is 7.98. The van der Waals surface area contributed by atoms with Gasteiger partial charge >= 0.3 is 5.97 Å². The van der Waals surface area contributed by atoms with Gasteiger partial charge < -0.3 is 10.0 Å². The number of amides is 1. The Labute approximate surface area is 129 Å². The highest BCUT2D eigenvalue weighted by molar-refractivity contribution is 5.84. The standard InChI is InChI=1S/C17H31NO3/c1-6-9-15(10-16(19)20)17(21)18(11-13(4)7-2)12-14(5)8-3/h6,9,13-15H,7-8,10-12H2,1-5H3,(H,19,20)/b9-6-. The summed E-state index contributed by atoms with van der Waals surface area (Å²) < 4.78 is 0. The summed E-state index contributed by atoms with van der Waals surface area (Å²) in [5, 5.41) is 8.99. The summed E-state index contributed by atoms with van der Waals surface area (Å²) in [5.74, 6) is -0.696. The van der Waals surface area contributed by atoms with Crippen molar-refractivity contribution in [1.29, 1.82) is 0 Å². The topological polar surface area (TPSA) is 57.6 Å². The molecule has 21 heavy (non-hydrogen) atoms. The molecule has 0 aliphatic heterocycles. The van der Waals surface area contributed by atoms with Gasteiger partial charge in [0, 0.05) is 13.1 Å². The molecule has 0 saturated heterocycles. The van der Waals surface area contributed by atoms with Crippen LogP contribution in [0.15, 0.2) is 12.2 Å². The molecule has 4 heteroatoms. The van der Waals surface area contributed by atoms with Gasteiger partial charge in [-0.05, 0) is 18.8 Å². The smallest absolute Gasteiger partial charge is 0.304 e. The van der Waals surface area contributed by atoms with E-state index < -0.39 is 11.9 Å². The Morgan fingerprint density at radius 1 is 1.10 bits per heavy atom. The molecule has 3 unspecified atom stereocenters. The highest BCUT2D eigenvalue weighted by Gasteiger charge is 2.26. The second kappa shape index (κ2) is 10.4. The molecule has 0 heterocycles. The van der Waals surface area contributed by atoms with Gasteiger partial charge in [-0.25, -0.2) is 0 Å². The fourth-order valence-corrected chi connectivity index (χ4v) is 2.16. The van der Waals surface area contributed by atoms with Gasteiger partial charge in [-0.15, -0.1) is 0 Å². The van der Waals surface area contributed by atoms with Crippen LogP contribution in [-0.4, -0.2) is 35.0 Å². The molecule has 0 aliphatic carbocycles. The van der Waals surface area contributed by atoms with E-state index in [9.17, 15) is 9.59 Å². The zero-order valence-electron chi connectivity index (χ0n) is 14.1. The lowest BCUT2D eigenvalue weighted by molar-refractivity contribution is -0.143. The second-order valence-electron chi connectivity index (χ2n) is 6.00. The van der Waals surface area contributed by atoms with E-state index in [1.54, 1.807) is 12.2 Å². The molecule has 1 amide bonds. The highest BCUT2D eigenvalue weighted by atomic mass is 16.4. The van der Waals surface area contributed by atoms with E-state index in [-0.39, 0.29) is 12.3 Å². The number of carbonyl (C=O) groups excluding carboxylic acids is 1. The predicted molar refractivity (Wildman–Crippen MR) is 86.0 cm³/mol. The number of carboxylic acid groups (broad SMARTS) is 1. The van der Waals surface area contributed by atoms with Crippen LogP contribution in [-0.2, 0) is 9.59 Å². The molecule has 0 aliphatic rings. The number of carboxylic acids is 1. The van der Waals surface area contributed by atoms with Gasteiger partial charge in [0.1, 0.15) is 0 Å². The normalized spacial score (nSPS) is 15.7. The summed E-state index contributed by atoms with van der Waals surface area (Å²) in [6.07, 6.45) is 5.35. The largest absolute Gasteiger partial charge is 0.481 e. The van der Waals surface area contributed by atoms with Gasteiger partial charge in [-0.2, -0.15) is 0 Å². The van der Waals surface area contributed by atoms with E-state index in [4.69, 9.17) is 5.11 Å². The average molecular weight is 297 g/mol. The molecule has 0 bridgehead atoms. The molecule has 0 saturated carbocycles. The van der Waals surface area contributed by atoms with Crippen molar-refractivity contribution in [3.05, 3.63) is 12.2 Å². The number of hydrogen-bond donors (Lipinski definition) is 1. The second-order valence-corrected chi connectivity index (χ2v) is 6.00. The minimum atomic E-state index is -0.932. The first kappa shape index (κ1) is 19.7. The summed E-state index contributed by atoms with van der Waals surface area (Å²) in [7, 11) is 0. The summed E-state index contributed by atoms with van der Waals surface area (Å²) in [6.45, 7) is 11.7. The Balaban J connectivity index is 5.06. The minimum Gasteiger partial charge on any atom is -0.481 e. The van der Waals surface area contributed by atoms with Gasteiger partial charge in [-0.3, -0.25) is 9.59 Å². The van der Waals surface area contributed by atoms with Crippen LogP contribution in [0, 0.1) is 17.8 Å². The third-order valence-electron chi connectivity index (χ3n) is 3.91. The first-order chi connectivity index (χ1) is 9.85. The molecular formula is C17H31NO3. The Bertz CT molecular complexity index is 340. The lowest BCUT2D eigenvalue weighted by Gasteiger charge is -2.30. The fourth-order valence-electron chi connectivity index (χ4n) is 2.16. The van der Waals surface area contributed by atoms with Crippen LogP contribution in [0.3, 0.4) is 0 Å². The van der Waals surface area contributed by atoms with Crippen LogP contribution in [0.4, 0.5) is 0 Å². The summed E-state index contributed by atoms with van der Waals surface area (Å²) in [4.78, 5) is 25.5. The number of carbonyl (C=O) groups is 2. The van der Waals surface area contributed by atoms with Crippen molar-refractivity contribution in [2.45, 2.75) is 53.9 Å². The van der Waals surface area contributed by atoms with Crippen molar-refractivity contribution >= 4 is 11.9 Å². The van der Waals surface area contributed by atoms with Crippen LogP contribution in [0.5, 0.6) is 0 Å². The Kier molecular flexibility index (Phi) is 9.76. The van der Waals surface area contributed by atoms with Gasteiger partial charge in [-0.1, -0.05) is 52.7 Å². The molecule has 0 radical (unpaired) electrons. The quantitative estimate of drug-likeness (QED) is 0.627. The number of hydrogen-bond acceptors (Lipinski definition) is 2. The van der Waals surface area contributed by atoms with Crippen LogP contribution in [0.2, 0.25) is 0 Å². The van der Waals surface area contributed by atoms with Gasteiger partial charge in [0.25, 0.3) is 0 Å². The van der Waals surface area contributed by atoms with Gasteiger partial charge in [0.2, 0.25) is 5.91 Å². The van der Waals surface area contributed by atoms with Crippen molar-refractivity contribution in [1.82, 2.24) is 4.90 Å². The van der Waals surface area contributed by atoms with Crippen LogP contribution in [0.1, 0.15) is 53.9 Å². The molecule has 3 atom stereocenters. The highest BCUT2D eigenvalue weighted by Crippen LogP contribution is 2.16. The fraction of sp³-hybridized carbons (Fsp3) is 0.765.